The van der Waals surface area contributed by atoms with Gasteiger partial charge in [0.25, 0.3) is 5.91 Å². The highest BCUT2D eigenvalue weighted by molar-refractivity contribution is 6.09. The van der Waals surface area contributed by atoms with Crippen LogP contribution >= 0.6 is 0 Å². The van der Waals surface area contributed by atoms with Crippen molar-refractivity contribution in [2.45, 2.75) is 32.6 Å². The topological polar surface area (TPSA) is 75.7 Å². The summed E-state index contributed by atoms with van der Waals surface area (Å²) in [4.78, 5) is 40.7. The van der Waals surface area contributed by atoms with E-state index >= 15 is 0 Å². The van der Waals surface area contributed by atoms with Crippen LogP contribution in [0.3, 0.4) is 0 Å². The zero-order chi connectivity index (χ0) is 20.9. The minimum absolute atomic E-state index is 0.0583. The quantitative estimate of drug-likeness (QED) is 0.775. The summed E-state index contributed by atoms with van der Waals surface area (Å²) in [6, 6.07) is 5.69. The molecule has 1 aliphatic carbocycles. The molecule has 6 nitrogen and oxygen atoms in total. The van der Waals surface area contributed by atoms with E-state index in [-0.39, 0.29) is 28.4 Å². The number of methoxy groups -OCH3 is 1. The van der Waals surface area contributed by atoms with Gasteiger partial charge in [-0.05, 0) is 29.5 Å². The Hall–Kier alpha value is -2.96. The molecule has 1 amide bonds. The number of benzene rings is 1. The summed E-state index contributed by atoms with van der Waals surface area (Å²) in [7, 11) is 1.25. The fourth-order valence-corrected chi connectivity index (χ4v) is 4.60. The summed E-state index contributed by atoms with van der Waals surface area (Å²) < 4.78 is 18.6. The number of ether oxygens (including phenoxy) is 1. The van der Waals surface area contributed by atoms with Crippen LogP contribution in [0.15, 0.2) is 46.8 Å². The van der Waals surface area contributed by atoms with Crippen molar-refractivity contribution in [3.63, 3.8) is 0 Å². The van der Waals surface area contributed by atoms with Crippen molar-refractivity contribution >= 4 is 17.7 Å². The number of Topliss-reactive ketones (excluding diaryl/α,β-unsaturated/α-hetero) is 1. The van der Waals surface area contributed by atoms with Crippen LogP contribution in [0.4, 0.5) is 4.39 Å². The fraction of sp³-hybridized carbons (Fsp3) is 0.409. The zero-order valence-corrected chi connectivity index (χ0v) is 16.7. The highest BCUT2D eigenvalue weighted by Gasteiger charge is 2.48. The summed E-state index contributed by atoms with van der Waals surface area (Å²) in [5.74, 6) is -2.28. The molecule has 0 saturated carbocycles. The van der Waals surface area contributed by atoms with E-state index in [1.807, 2.05) is 13.8 Å². The molecule has 1 aromatic rings. The number of hydrogen-bond acceptors (Lipinski definition) is 5. The standard InChI is InChI=1S/C22H23FN2O4/c1-22(2)10-14-17(15(26)11-22)16(12-4-6-13(23)7-5-12)18(21(28)29-3)19-20(27)24-8-9-25(14)19/h4-7,16H,8-11H2,1-3H3,(H,24,27)/t16-/m1/s1. The van der Waals surface area contributed by atoms with Gasteiger partial charge in [-0.25, -0.2) is 9.18 Å². The zero-order valence-electron chi connectivity index (χ0n) is 16.7. The number of amides is 1. The van der Waals surface area contributed by atoms with Crippen LogP contribution in [0.25, 0.3) is 0 Å². The molecule has 0 radical (unpaired) electrons. The van der Waals surface area contributed by atoms with E-state index in [4.69, 9.17) is 4.74 Å². The van der Waals surface area contributed by atoms with Gasteiger partial charge >= 0.3 is 5.97 Å². The third-order valence-electron chi connectivity index (χ3n) is 5.77. The van der Waals surface area contributed by atoms with E-state index in [1.165, 1.54) is 19.2 Å². The summed E-state index contributed by atoms with van der Waals surface area (Å²) >= 11 is 0. The Morgan fingerprint density at radius 1 is 1.21 bits per heavy atom. The normalized spacial score (nSPS) is 23.4. The van der Waals surface area contributed by atoms with E-state index in [2.05, 4.69) is 5.32 Å². The van der Waals surface area contributed by atoms with Gasteiger partial charge in [-0.1, -0.05) is 26.0 Å². The van der Waals surface area contributed by atoms with Crippen molar-refractivity contribution in [3.05, 3.63) is 58.2 Å². The number of allylic oxidation sites excluding steroid dienone is 2. The average Bonchev–Trinajstić information content (AvgIpc) is 2.67. The van der Waals surface area contributed by atoms with Crippen LogP contribution in [-0.4, -0.2) is 42.8 Å². The number of piperazine rings is 1. The molecule has 0 spiro atoms. The molecule has 1 saturated heterocycles. The van der Waals surface area contributed by atoms with Crippen molar-refractivity contribution in [3.8, 4) is 0 Å². The first-order valence-electron chi connectivity index (χ1n) is 9.63. The maximum atomic E-state index is 13.6. The van der Waals surface area contributed by atoms with Crippen LogP contribution in [0.5, 0.6) is 0 Å². The third-order valence-corrected chi connectivity index (χ3v) is 5.77. The maximum absolute atomic E-state index is 13.6. The van der Waals surface area contributed by atoms with E-state index in [1.54, 1.807) is 17.0 Å². The van der Waals surface area contributed by atoms with Crippen molar-refractivity contribution in [2.75, 3.05) is 20.2 Å². The number of rotatable bonds is 2. The summed E-state index contributed by atoms with van der Waals surface area (Å²) in [5, 5.41) is 2.78. The average molecular weight is 398 g/mol. The number of esters is 1. The number of nitrogens with one attached hydrogen (secondary N) is 1. The molecule has 1 aromatic carbocycles. The lowest BCUT2D eigenvalue weighted by molar-refractivity contribution is -0.137. The summed E-state index contributed by atoms with van der Waals surface area (Å²) in [6.45, 7) is 4.93. The first-order chi connectivity index (χ1) is 13.7. The fourth-order valence-electron chi connectivity index (χ4n) is 4.60. The lowest BCUT2D eigenvalue weighted by Gasteiger charge is -2.46. The van der Waals surface area contributed by atoms with Gasteiger partial charge in [0.1, 0.15) is 11.5 Å². The smallest absolute Gasteiger partial charge is 0.337 e. The first kappa shape index (κ1) is 19.4. The largest absolute Gasteiger partial charge is 0.466 e. The number of carbonyl (C=O) groups excluding carboxylic acids is 3. The predicted molar refractivity (Wildman–Crippen MR) is 103 cm³/mol. The van der Waals surface area contributed by atoms with Crippen LogP contribution in [0, 0.1) is 11.2 Å². The van der Waals surface area contributed by atoms with E-state index < -0.39 is 17.7 Å². The Bertz CT molecular complexity index is 975. The number of fused-ring (bicyclic) bond motifs is 2. The Balaban J connectivity index is 2.01. The molecular formula is C22H23FN2O4. The highest BCUT2D eigenvalue weighted by atomic mass is 19.1. The van der Waals surface area contributed by atoms with Gasteiger partial charge in [0, 0.05) is 36.7 Å². The Morgan fingerprint density at radius 2 is 1.90 bits per heavy atom. The Morgan fingerprint density at radius 3 is 2.55 bits per heavy atom. The number of hydrogen-bond donors (Lipinski definition) is 1. The van der Waals surface area contributed by atoms with Gasteiger partial charge in [0.15, 0.2) is 5.78 Å². The monoisotopic (exact) mass is 398 g/mol. The minimum Gasteiger partial charge on any atom is -0.466 e. The summed E-state index contributed by atoms with van der Waals surface area (Å²) in [5.41, 5.74) is 1.96. The minimum atomic E-state index is -0.767. The molecular weight excluding hydrogens is 375 g/mol. The second kappa shape index (κ2) is 6.83. The first-order valence-corrected chi connectivity index (χ1v) is 9.63. The molecule has 152 valence electrons. The molecule has 1 atom stereocenters. The molecule has 2 heterocycles. The lowest BCUT2D eigenvalue weighted by Crippen LogP contribution is -2.51. The molecule has 0 unspecified atom stereocenters. The van der Waals surface area contributed by atoms with Gasteiger partial charge < -0.3 is 15.0 Å². The second-order valence-electron chi connectivity index (χ2n) is 8.45. The Labute approximate surface area is 168 Å². The number of nitrogens with zero attached hydrogens (tertiary/aromatic N) is 1. The summed E-state index contributed by atoms with van der Waals surface area (Å²) in [6.07, 6.45) is 0.949. The van der Waals surface area contributed by atoms with Crippen LogP contribution < -0.4 is 5.32 Å². The van der Waals surface area contributed by atoms with Gasteiger partial charge in [0.05, 0.1) is 12.7 Å². The molecule has 1 N–H and O–H groups in total. The van der Waals surface area contributed by atoms with Crippen molar-refractivity contribution < 1.29 is 23.5 Å². The predicted octanol–water partition coefficient (Wildman–Crippen LogP) is 2.43. The molecule has 29 heavy (non-hydrogen) atoms. The van der Waals surface area contributed by atoms with E-state index in [0.29, 0.717) is 37.1 Å². The Kier molecular flexibility index (Phi) is 4.56. The van der Waals surface area contributed by atoms with Crippen molar-refractivity contribution in [2.24, 2.45) is 5.41 Å². The van der Waals surface area contributed by atoms with Crippen molar-refractivity contribution in [1.82, 2.24) is 10.2 Å². The van der Waals surface area contributed by atoms with Gasteiger partial charge in [-0.2, -0.15) is 0 Å². The van der Waals surface area contributed by atoms with Crippen LogP contribution in [-0.2, 0) is 19.1 Å². The van der Waals surface area contributed by atoms with Gasteiger partial charge in [-0.15, -0.1) is 0 Å². The molecule has 1 fully saturated rings. The SMILES string of the molecule is COC(=O)C1=C2C(=O)NCCN2C2=C(C(=O)CC(C)(C)C2)[C@H]1c1ccc(F)cc1. The van der Waals surface area contributed by atoms with Gasteiger partial charge in [0.2, 0.25) is 0 Å². The highest BCUT2D eigenvalue weighted by Crippen LogP contribution is 2.50. The second-order valence-corrected chi connectivity index (χ2v) is 8.45. The molecule has 7 heteroatoms. The lowest BCUT2D eigenvalue weighted by atomic mass is 9.68. The maximum Gasteiger partial charge on any atom is 0.337 e. The number of carbonyl (C=O) groups is 3. The molecule has 0 aromatic heterocycles. The van der Waals surface area contributed by atoms with Crippen LogP contribution in [0.1, 0.15) is 38.2 Å². The van der Waals surface area contributed by atoms with Crippen molar-refractivity contribution in [1.29, 1.82) is 0 Å². The molecule has 4 rings (SSSR count). The van der Waals surface area contributed by atoms with E-state index in [9.17, 15) is 18.8 Å². The number of ketones is 1. The third kappa shape index (κ3) is 3.14. The molecule has 2 aliphatic heterocycles. The molecule has 3 aliphatic rings. The van der Waals surface area contributed by atoms with Gasteiger partial charge in [-0.3, -0.25) is 9.59 Å². The number of halogens is 1. The van der Waals surface area contributed by atoms with E-state index in [0.717, 1.165) is 5.70 Å². The van der Waals surface area contributed by atoms with Crippen LogP contribution in [0.2, 0.25) is 0 Å². The molecule has 0 bridgehead atoms.